The summed E-state index contributed by atoms with van der Waals surface area (Å²) < 4.78 is -1.07. The van der Waals surface area contributed by atoms with Crippen LogP contribution >= 0.6 is 27.2 Å². The quantitative estimate of drug-likeness (QED) is 0.599. The minimum absolute atomic E-state index is 1.07. The van der Waals surface area contributed by atoms with E-state index in [0.717, 1.165) is 0 Å². The molecule has 0 aromatic heterocycles. The molecule has 0 spiro atoms. The SMILES string of the molecule is CCCSP(=S)(CC)SCCC. The van der Waals surface area contributed by atoms with Gasteiger partial charge in [-0.1, -0.05) is 32.6 Å². The number of hydrogen-bond donors (Lipinski definition) is 0. The highest BCUT2D eigenvalue weighted by Gasteiger charge is 2.14. The van der Waals surface area contributed by atoms with Crippen molar-refractivity contribution < 1.29 is 0 Å². The second kappa shape index (κ2) is 7.73. The lowest BCUT2D eigenvalue weighted by molar-refractivity contribution is 1.11. The summed E-state index contributed by atoms with van der Waals surface area (Å²) in [6.07, 6.45) is 3.73. The highest BCUT2D eigenvalue weighted by Crippen LogP contribution is 2.69. The third kappa shape index (κ3) is 5.90. The highest BCUT2D eigenvalue weighted by atomic mass is 33.2. The Hall–Kier alpha value is 1.35. The third-order valence-electron chi connectivity index (χ3n) is 1.37. The largest absolute Gasteiger partial charge is 0.114 e. The van der Waals surface area contributed by atoms with Gasteiger partial charge in [0.2, 0.25) is 0 Å². The Balaban J connectivity index is 3.79. The Kier molecular flexibility index (Phi) is 8.60. The van der Waals surface area contributed by atoms with Crippen LogP contribution in [0.5, 0.6) is 0 Å². The van der Waals surface area contributed by atoms with Crippen LogP contribution in [0.1, 0.15) is 33.6 Å². The molecule has 0 saturated heterocycles. The molecule has 0 saturated carbocycles. The van der Waals surface area contributed by atoms with Crippen molar-refractivity contribution in [1.82, 2.24) is 0 Å². The molecular formula is C8H19PS3. The van der Waals surface area contributed by atoms with Gasteiger partial charge in [0.25, 0.3) is 0 Å². The van der Waals surface area contributed by atoms with E-state index in [1.165, 1.54) is 30.5 Å². The molecule has 0 amide bonds. The fourth-order valence-electron chi connectivity index (χ4n) is 0.681. The maximum atomic E-state index is 5.67. The Bertz CT molecular complexity index is 135. The van der Waals surface area contributed by atoms with Crippen LogP contribution in [0.3, 0.4) is 0 Å². The van der Waals surface area contributed by atoms with E-state index >= 15 is 0 Å². The zero-order valence-electron chi connectivity index (χ0n) is 8.21. The first-order valence-corrected chi connectivity index (χ1v) is 10.7. The van der Waals surface area contributed by atoms with Gasteiger partial charge in [0.15, 0.2) is 0 Å². The molecule has 4 heteroatoms. The first-order valence-electron chi connectivity index (χ1n) is 4.56. The van der Waals surface area contributed by atoms with Crippen molar-refractivity contribution >= 4 is 39.0 Å². The van der Waals surface area contributed by atoms with Crippen molar-refractivity contribution in [3.63, 3.8) is 0 Å². The molecule has 12 heavy (non-hydrogen) atoms. The van der Waals surface area contributed by atoms with Gasteiger partial charge in [-0.25, -0.2) is 0 Å². The Labute approximate surface area is 90.2 Å². The van der Waals surface area contributed by atoms with Crippen LogP contribution in [-0.4, -0.2) is 17.7 Å². The van der Waals surface area contributed by atoms with E-state index < -0.39 is 4.44 Å². The van der Waals surface area contributed by atoms with Crippen LogP contribution in [0.25, 0.3) is 0 Å². The molecule has 0 aliphatic carbocycles. The Morgan fingerprint density at radius 1 is 1.00 bits per heavy atom. The van der Waals surface area contributed by atoms with Crippen molar-refractivity contribution in [2.75, 3.05) is 17.7 Å². The predicted molar refractivity (Wildman–Crippen MR) is 70.3 cm³/mol. The van der Waals surface area contributed by atoms with Gasteiger partial charge in [0.05, 0.1) is 4.44 Å². The summed E-state index contributed by atoms with van der Waals surface area (Å²) >= 11 is 9.78. The zero-order chi connectivity index (χ0) is 9.45. The second-order valence-electron chi connectivity index (χ2n) is 2.59. The van der Waals surface area contributed by atoms with Crippen molar-refractivity contribution in [2.24, 2.45) is 0 Å². The van der Waals surface area contributed by atoms with Gasteiger partial charge in [0.1, 0.15) is 0 Å². The maximum absolute atomic E-state index is 5.67. The summed E-state index contributed by atoms with van der Waals surface area (Å²) in [5.74, 6) is 2.50. The fraction of sp³-hybridized carbons (Fsp3) is 1.00. The van der Waals surface area contributed by atoms with Crippen LogP contribution in [0.15, 0.2) is 0 Å². The minimum Gasteiger partial charge on any atom is -0.114 e. The monoisotopic (exact) mass is 242 g/mol. The summed E-state index contributed by atoms with van der Waals surface area (Å²) in [6, 6.07) is 0. The van der Waals surface area contributed by atoms with Crippen LogP contribution in [-0.2, 0) is 11.8 Å². The maximum Gasteiger partial charge on any atom is 0.0569 e. The van der Waals surface area contributed by atoms with Gasteiger partial charge in [0, 0.05) is 0 Å². The molecule has 0 fully saturated rings. The van der Waals surface area contributed by atoms with Crippen molar-refractivity contribution in [2.45, 2.75) is 33.6 Å². The molecule has 0 aliphatic heterocycles. The van der Waals surface area contributed by atoms with Crippen molar-refractivity contribution in [1.29, 1.82) is 0 Å². The first kappa shape index (κ1) is 13.4. The Morgan fingerprint density at radius 3 is 1.67 bits per heavy atom. The molecule has 0 unspecified atom stereocenters. The lowest BCUT2D eigenvalue weighted by atomic mass is 10.6. The summed E-state index contributed by atoms with van der Waals surface area (Å²) in [6.45, 7) is 6.70. The molecule has 0 aromatic rings. The fourth-order valence-corrected chi connectivity index (χ4v) is 9.48. The molecule has 0 N–H and O–H groups in total. The summed E-state index contributed by atoms with van der Waals surface area (Å²) in [5.41, 5.74) is 0. The van der Waals surface area contributed by atoms with Gasteiger partial charge in [-0.05, 0) is 30.5 Å². The van der Waals surface area contributed by atoms with Gasteiger partial charge < -0.3 is 0 Å². The first-order chi connectivity index (χ1) is 5.68. The Morgan fingerprint density at radius 2 is 1.42 bits per heavy atom. The van der Waals surface area contributed by atoms with Crippen molar-refractivity contribution in [3.05, 3.63) is 0 Å². The van der Waals surface area contributed by atoms with E-state index in [1.807, 2.05) is 0 Å². The van der Waals surface area contributed by atoms with Crippen LogP contribution in [0, 0.1) is 0 Å². The van der Waals surface area contributed by atoms with Crippen molar-refractivity contribution in [3.8, 4) is 0 Å². The second-order valence-corrected chi connectivity index (χ2v) is 15.0. The highest BCUT2D eigenvalue weighted by molar-refractivity contribution is 9.00. The molecule has 0 aromatic carbocycles. The van der Waals surface area contributed by atoms with Crippen LogP contribution < -0.4 is 0 Å². The molecule has 0 aliphatic rings. The van der Waals surface area contributed by atoms with Gasteiger partial charge in [-0.2, -0.15) is 0 Å². The van der Waals surface area contributed by atoms with Gasteiger partial charge in [-0.15, -0.1) is 22.8 Å². The van der Waals surface area contributed by atoms with E-state index in [4.69, 9.17) is 11.8 Å². The smallest absolute Gasteiger partial charge is 0.0569 e. The molecule has 0 nitrogen and oxygen atoms in total. The normalized spacial score (nSPS) is 11.9. The lowest BCUT2D eigenvalue weighted by Crippen LogP contribution is -1.81. The molecule has 0 rings (SSSR count). The van der Waals surface area contributed by atoms with E-state index in [0.29, 0.717) is 0 Å². The van der Waals surface area contributed by atoms with E-state index in [9.17, 15) is 0 Å². The molecular weight excluding hydrogens is 223 g/mol. The average Bonchev–Trinajstić information content (AvgIpc) is 2.11. The van der Waals surface area contributed by atoms with E-state index in [2.05, 4.69) is 43.5 Å². The summed E-state index contributed by atoms with van der Waals surface area (Å²) in [4.78, 5) is 0. The molecule has 74 valence electrons. The average molecular weight is 242 g/mol. The molecule has 0 heterocycles. The standard InChI is InChI=1S/C8H19PS3/c1-4-7-11-9(10,6-3)12-8-5-2/h4-8H2,1-3H3. The summed E-state index contributed by atoms with van der Waals surface area (Å²) in [5, 5.41) is 0. The minimum atomic E-state index is -1.07. The topological polar surface area (TPSA) is 0 Å². The van der Waals surface area contributed by atoms with Crippen LogP contribution in [0.2, 0.25) is 0 Å². The molecule has 0 radical (unpaired) electrons. The number of hydrogen-bond acceptors (Lipinski definition) is 3. The van der Waals surface area contributed by atoms with Gasteiger partial charge in [-0.3, -0.25) is 0 Å². The van der Waals surface area contributed by atoms with Crippen LogP contribution in [0.4, 0.5) is 0 Å². The molecule has 0 atom stereocenters. The lowest BCUT2D eigenvalue weighted by Gasteiger charge is -2.17. The third-order valence-corrected chi connectivity index (χ3v) is 13.7. The predicted octanol–water partition coefficient (Wildman–Crippen LogP) is 4.60. The zero-order valence-corrected chi connectivity index (χ0v) is 11.6. The van der Waals surface area contributed by atoms with E-state index in [1.54, 1.807) is 0 Å². The van der Waals surface area contributed by atoms with E-state index in [-0.39, 0.29) is 0 Å². The number of rotatable bonds is 7. The summed E-state index contributed by atoms with van der Waals surface area (Å²) in [7, 11) is 0. The van der Waals surface area contributed by atoms with Gasteiger partial charge >= 0.3 is 0 Å². The molecule has 0 bridgehead atoms.